The molecule has 0 radical (unpaired) electrons. The molecule has 0 aromatic carbocycles. The van der Waals surface area contributed by atoms with Crippen molar-refractivity contribution in [1.29, 1.82) is 0 Å². The van der Waals surface area contributed by atoms with Gasteiger partial charge in [0, 0.05) is 6.20 Å². The van der Waals surface area contributed by atoms with Gasteiger partial charge in [0.1, 0.15) is 0 Å². The second-order valence-corrected chi connectivity index (χ2v) is 5.30. The molecule has 1 aromatic heterocycles. The zero-order valence-corrected chi connectivity index (χ0v) is 10.7. The maximum atomic E-state index is 12.0. The van der Waals surface area contributed by atoms with Crippen LogP contribution in [0.25, 0.3) is 0 Å². The molecule has 1 aliphatic rings. The van der Waals surface area contributed by atoms with Gasteiger partial charge < -0.3 is 10.4 Å². The van der Waals surface area contributed by atoms with Crippen LogP contribution in [-0.4, -0.2) is 22.0 Å². The van der Waals surface area contributed by atoms with Crippen molar-refractivity contribution in [3.8, 4) is 0 Å². The summed E-state index contributed by atoms with van der Waals surface area (Å²) in [4.78, 5) is 26.8. The zero-order valence-electron chi connectivity index (χ0n) is 9.98. The Bertz CT molecular complexity index is 516. The quantitative estimate of drug-likeness (QED) is 0.822. The highest BCUT2D eigenvalue weighted by molar-refractivity contribution is 6.32. The molecule has 1 aromatic rings. The predicted molar refractivity (Wildman–Crippen MR) is 66.3 cm³/mol. The van der Waals surface area contributed by atoms with E-state index in [0.717, 1.165) is 0 Å². The van der Waals surface area contributed by atoms with Crippen LogP contribution < -0.4 is 5.32 Å². The Morgan fingerprint density at radius 3 is 2.61 bits per heavy atom. The summed E-state index contributed by atoms with van der Waals surface area (Å²) in [6.45, 7) is 3.53. The summed E-state index contributed by atoms with van der Waals surface area (Å²) in [7, 11) is 0. The lowest BCUT2D eigenvalue weighted by Crippen LogP contribution is -2.18. The number of nitrogens with one attached hydrogen (secondary N) is 1. The van der Waals surface area contributed by atoms with Gasteiger partial charge in [-0.15, -0.1) is 0 Å². The molecule has 0 aliphatic heterocycles. The number of nitrogens with zero attached hydrogens (tertiary/aromatic N) is 1. The average molecular weight is 269 g/mol. The summed E-state index contributed by atoms with van der Waals surface area (Å²) < 4.78 is 0. The molecular weight excluding hydrogens is 256 g/mol. The Morgan fingerprint density at radius 1 is 1.44 bits per heavy atom. The van der Waals surface area contributed by atoms with Gasteiger partial charge in [0.25, 0.3) is 0 Å². The largest absolute Gasteiger partial charge is 0.481 e. The van der Waals surface area contributed by atoms with Gasteiger partial charge in [-0.25, -0.2) is 4.98 Å². The molecular formula is C12H13ClN2O3. The number of carboxylic acids is 1. The number of carbonyl (C=O) groups excluding carboxylic acids is 1. The maximum Gasteiger partial charge on any atom is 0.307 e. The minimum atomic E-state index is -0.947. The third-order valence-electron chi connectivity index (χ3n) is 3.39. The average Bonchev–Trinajstić information content (AvgIpc) is 2.85. The number of hydrogen-bond donors (Lipinski definition) is 2. The highest BCUT2D eigenvalue weighted by atomic mass is 35.5. The molecule has 2 atom stereocenters. The van der Waals surface area contributed by atoms with Crippen LogP contribution in [-0.2, 0) is 9.59 Å². The summed E-state index contributed by atoms with van der Waals surface area (Å²) in [5, 5.41) is 11.8. The monoisotopic (exact) mass is 268 g/mol. The molecule has 1 amide bonds. The molecule has 96 valence electrons. The Kier molecular flexibility index (Phi) is 3.02. The summed E-state index contributed by atoms with van der Waals surface area (Å²) in [5.41, 5.74) is -0.124. The van der Waals surface area contributed by atoms with E-state index in [1.807, 2.05) is 0 Å². The van der Waals surface area contributed by atoms with Gasteiger partial charge >= 0.3 is 5.97 Å². The summed E-state index contributed by atoms with van der Waals surface area (Å²) in [6.07, 6.45) is 1.51. The fraction of sp³-hybridized carbons (Fsp3) is 0.417. The number of aliphatic carboxylic acids is 1. The van der Waals surface area contributed by atoms with Crippen molar-refractivity contribution < 1.29 is 14.7 Å². The number of halogens is 1. The molecule has 1 fully saturated rings. The molecule has 18 heavy (non-hydrogen) atoms. The van der Waals surface area contributed by atoms with Crippen LogP contribution in [0.4, 0.5) is 5.69 Å². The molecule has 1 aliphatic carbocycles. The first-order chi connectivity index (χ1) is 8.35. The molecule has 6 heteroatoms. The van der Waals surface area contributed by atoms with Crippen LogP contribution in [0.5, 0.6) is 0 Å². The van der Waals surface area contributed by atoms with E-state index in [2.05, 4.69) is 10.3 Å². The maximum absolute atomic E-state index is 12.0. The van der Waals surface area contributed by atoms with Crippen molar-refractivity contribution in [1.82, 2.24) is 4.98 Å². The van der Waals surface area contributed by atoms with Crippen molar-refractivity contribution in [2.24, 2.45) is 17.3 Å². The molecule has 0 spiro atoms. The van der Waals surface area contributed by atoms with E-state index in [1.54, 1.807) is 26.0 Å². The molecule has 1 heterocycles. The van der Waals surface area contributed by atoms with Gasteiger partial charge in [0.2, 0.25) is 5.91 Å². The highest BCUT2D eigenvalue weighted by Gasteiger charge is 2.65. The van der Waals surface area contributed by atoms with Crippen molar-refractivity contribution >= 4 is 29.2 Å². The van der Waals surface area contributed by atoms with E-state index in [1.165, 1.54) is 6.20 Å². The van der Waals surface area contributed by atoms with Crippen molar-refractivity contribution in [2.45, 2.75) is 13.8 Å². The molecule has 2 rings (SSSR count). The Morgan fingerprint density at radius 2 is 2.11 bits per heavy atom. The third-order valence-corrected chi connectivity index (χ3v) is 3.69. The first-order valence-corrected chi connectivity index (χ1v) is 5.87. The van der Waals surface area contributed by atoms with Crippen molar-refractivity contribution in [3.63, 3.8) is 0 Å². The fourth-order valence-corrected chi connectivity index (χ4v) is 2.44. The molecule has 2 N–H and O–H groups in total. The SMILES string of the molecule is CC1(C)[C@H](C(=O)O)[C@H]1C(=O)Nc1cccnc1Cl. The van der Waals surface area contributed by atoms with Gasteiger partial charge in [-0.2, -0.15) is 0 Å². The van der Waals surface area contributed by atoms with Crippen molar-refractivity contribution in [2.75, 3.05) is 5.32 Å². The topological polar surface area (TPSA) is 79.3 Å². The molecule has 1 saturated carbocycles. The standard InChI is InChI=1S/C12H13ClN2O3/c1-12(2)7(8(12)11(17)18)10(16)15-6-4-3-5-14-9(6)13/h3-5,7-8H,1-2H3,(H,15,16)(H,17,18)/t7-,8-/m0/s1. The van der Waals surface area contributed by atoms with Crippen LogP contribution in [0.15, 0.2) is 18.3 Å². The lowest BCUT2D eigenvalue weighted by molar-refractivity contribution is -0.140. The lowest BCUT2D eigenvalue weighted by Gasteiger charge is -2.06. The first kappa shape index (κ1) is 12.8. The van der Waals surface area contributed by atoms with Crippen LogP contribution in [0.2, 0.25) is 5.15 Å². The fourth-order valence-electron chi connectivity index (χ4n) is 2.28. The number of hydrogen-bond acceptors (Lipinski definition) is 3. The third kappa shape index (κ3) is 2.06. The summed E-state index contributed by atoms with van der Waals surface area (Å²) in [6, 6.07) is 3.27. The lowest BCUT2D eigenvalue weighted by atomic mass is 10.1. The molecule has 0 unspecified atom stereocenters. The number of anilines is 1. The number of aromatic nitrogens is 1. The van der Waals surface area contributed by atoms with E-state index < -0.39 is 23.2 Å². The Labute approximate surface area is 109 Å². The normalized spacial score (nSPS) is 24.4. The molecule has 5 nitrogen and oxygen atoms in total. The number of amides is 1. The van der Waals surface area contributed by atoms with E-state index in [0.29, 0.717) is 5.69 Å². The molecule has 0 bridgehead atoms. The highest BCUT2D eigenvalue weighted by Crippen LogP contribution is 2.58. The summed E-state index contributed by atoms with van der Waals surface area (Å²) in [5.74, 6) is -2.46. The number of rotatable bonds is 3. The van der Waals surface area contributed by atoms with Gasteiger partial charge in [-0.05, 0) is 17.5 Å². The van der Waals surface area contributed by atoms with E-state index in [9.17, 15) is 9.59 Å². The summed E-state index contributed by atoms with van der Waals surface area (Å²) >= 11 is 5.82. The predicted octanol–water partition coefficient (Wildman–Crippen LogP) is 2.03. The van der Waals surface area contributed by atoms with E-state index in [4.69, 9.17) is 16.7 Å². The minimum absolute atomic E-state index is 0.191. The van der Waals surface area contributed by atoms with Gasteiger partial charge in [-0.1, -0.05) is 25.4 Å². The van der Waals surface area contributed by atoms with Crippen LogP contribution >= 0.6 is 11.6 Å². The van der Waals surface area contributed by atoms with E-state index in [-0.39, 0.29) is 11.1 Å². The van der Waals surface area contributed by atoms with Crippen LogP contribution in [0.3, 0.4) is 0 Å². The molecule has 0 saturated heterocycles. The van der Waals surface area contributed by atoms with Crippen LogP contribution in [0.1, 0.15) is 13.8 Å². The second-order valence-electron chi connectivity index (χ2n) is 4.95. The smallest absolute Gasteiger partial charge is 0.307 e. The first-order valence-electron chi connectivity index (χ1n) is 5.50. The van der Waals surface area contributed by atoms with Gasteiger partial charge in [0.05, 0.1) is 17.5 Å². The van der Waals surface area contributed by atoms with Crippen molar-refractivity contribution in [3.05, 3.63) is 23.5 Å². The number of carboxylic acid groups (broad SMARTS) is 1. The van der Waals surface area contributed by atoms with Gasteiger partial charge in [0.15, 0.2) is 5.15 Å². The van der Waals surface area contributed by atoms with Crippen LogP contribution in [0, 0.1) is 17.3 Å². The minimum Gasteiger partial charge on any atom is -0.481 e. The Balaban J connectivity index is 2.11. The second kappa shape index (κ2) is 4.24. The van der Waals surface area contributed by atoms with Gasteiger partial charge in [-0.3, -0.25) is 9.59 Å². The van der Waals surface area contributed by atoms with E-state index >= 15 is 0 Å². The number of carbonyl (C=O) groups is 2. The Hall–Kier alpha value is -1.62. The zero-order chi connectivity index (χ0) is 13.5. The number of pyridine rings is 1.